The Morgan fingerprint density at radius 3 is 1.31 bits per heavy atom. The second-order valence-electron chi connectivity index (χ2n) is 31.0. The van der Waals surface area contributed by atoms with Crippen molar-refractivity contribution in [1.29, 1.82) is 0 Å². The van der Waals surface area contributed by atoms with E-state index >= 15 is 0 Å². The van der Waals surface area contributed by atoms with Crippen LogP contribution in [0.2, 0.25) is 0 Å². The molecule has 0 aromatic heterocycles. The van der Waals surface area contributed by atoms with Crippen LogP contribution in [0.5, 0.6) is 0 Å². The molecule has 0 aromatic rings. The molecular weight excluding hydrogens is 1020 g/mol. The van der Waals surface area contributed by atoms with Gasteiger partial charge in [-0.05, 0) is 239 Å². The summed E-state index contributed by atoms with van der Waals surface area (Å²) in [5.74, 6) is 1.93. The molecule has 452 valence electrons. The van der Waals surface area contributed by atoms with Crippen molar-refractivity contribution >= 4 is 41.3 Å². The number of esters is 2. The molecule has 10 aliphatic carbocycles. The van der Waals surface area contributed by atoms with Crippen LogP contribution in [0, 0.1) is 113 Å². The van der Waals surface area contributed by atoms with Gasteiger partial charge in [-0.15, -0.1) is 0 Å². The zero-order valence-electron chi connectivity index (χ0n) is 52.4. The van der Waals surface area contributed by atoms with E-state index in [9.17, 15) is 34.2 Å². The lowest BCUT2D eigenvalue weighted by molar-refractivity contribution is -0.233. The van der Waals surface area contributed by atoms with E-state index in [-0.39, 0.29) is 86.7 Å². The SMILES string of the molecule is C=C(C)[C@@H]1CC[C@]2(C(=O)O)CC[C@]3(C)[C@H](CC[C@@H]4[C@@]5(C)CCC(=NOC(C)=O)[C@@](C)(COC(C)=O)[C@@H]5CC[C@]43C)[C@@H]12.C=C(C)[C@@H]1CC[C@]2(CO)CC[C@]3(C)[C@H](CC[C@@H]4[C@@]5(C)CCC(=NOC(C)=O)[C@@](C)(COC(C)=O)[C@@H]5CC[C@]43C)[C@@H]12. The van der Waals surface area contributed by atoms with Crippen LogP contribution in [0.15, 0.2) is 34.6 Å². The maximum absolute atomic E-state index is 12.9. The number of hydrogen-bond donors (Lipinski definition) is 2. The number of carboxylic acid groups (broad SMARTS) is 1. The second kappa shape index (κ2) is 21.3. The molecule has 81 heavy (non-hydrogen) atoms. The molecule has 20 atom stereocenters. The fourth-order valence-electron chi connectivity index (χ4n) is 23.8. The number of nitrogens with zero attached hydrogens (tertiary/aromatic N) is 2. The number of carbonyl (C=O) groups is 5. The summed E-state index contributed by atoms with van der Waals surface area (Å²) in [6.07, 6.45) is 20.2. The van der Waals surface area contributed by atoms with Crippen molar-refractivity contribution in [1.82, 2.24) is 0 Å². The van der Waals surface area contributed by atoms with Crippen LogP contribution in [-0.4, -0.2) is 71.3 Å². The molecule has 0 bridgehead atoms. The van der Waals surface area contributed by atoms with E-state index in [1.54, 1.807) is 0 Å². The van der Waals surface area contributed by atoms with Gasteiger partial charge in [0.15, 0.2) is 0 Å². The number of aliphatic hydroxyl groups is 1. The zero-order chi connectivity index (χ0) is 59.5. The lowest BCUT2D eigenvalue weighted by Crippen LogP contribution is -2.67. The highest BCUT2D eigenvalue weighted by Crippen LogP contribution is 2.80. The molecule has 0 radical (unpaired) electrons. The van der Waals surface area contributed by atoms with E-state index in [0.29, 0.717) is 48.5 Å². The highest BCUT2D eigenvalue weighted by atomic mass is 16.7. The normalized spacial score (nSPS) is 48.3. The molecule has 0 unspecified atom stereocenters. The first-order valence-electron chi connectivity index (χ1n) is 31.7. The molecule has 10 fully saturated rings. The van der Waals surface area contributed by atoms with E-state index in [0.717, 1.165) is 113 Å². The van der Waals surface area contributed by atoms with E-state index in [4.69, 9.17) is 19.1 Å². The number of fused-ring (bicyclic) bond motifs is 14. The summed E-state index contributed by atoms with van der Waals surface area (Å²) in [6.45, 7) is 39.1. The molecule has 10 saturated carbocycles. The molecule has 13 nitrogen and oxygen atoms in total. The van der Waals surface area contributed by atoms with E-state index in [1.165, 1.54) is 59.0 Å². The number of allylic oxidation sites excluding steroid dienone is 2. The monoisotopic (exact) mass is 1120 g/mol. The Bertz CT molecular complexity index is 2630. The number of carboxylic acids is 1. The predicted molar refractivity (Wildman–Crippen MR) is 313 cm³/mol. The topological polar surface area (TPSA) is 187 Å². The first-order chi connectivity index (χ1) is 37.7. The maximum atomic E-state index is 12.9. The third kappa shape index (κ3) is 9.21. The molecule has 0 heterocycles. The fraction of sp³-hybridized carbons (Fsp3) is 0.838. The quantitative estimate of drug-likeness (QED) is 0.0917. The molecule has 0 amide bonds. The van der Waals surface area contributed by atoms with Crippen molar-refractivity contribution in [3.05, 3.63) is 24.3 Å². The molecule has 10 rings (SSSR count). The van der Waals surface area contributed by atoms with Crippen molar-refractivity contribution in [2.45, 2.75) is 225 Å². The Kier molecular flexibility index (Phi) is 16.2. The molecule has 0 aromatic carbocycles. The average Bonchev–Trinajstić information content (AvgIpc) is 3.68. The Hall–Kier alpha value is -3.87. The van der Waals surface area contributed by atoms with Crippen LogP contribution < -0.4 is 0 Å². The predicted octanol–water partition coefficient (Wildman–Crippen LogP) is 14.3. The van der Waals surface area contributed by atoms with Gasteiger partial charge in [0.2, 0.25) is 0 Å². The lowest BCUT2D eigenvalue weighted by Gasteiger charge is -2.72. The van der Waals surface area contributed by atoms with Gasteiger partial charge in [-0.2, -0.15) is 0 Å². The molecule has 0 aliphatic heterocycles. The number of hydrogen-bond acceptors (Lipinski definition) is 12. The van der Waals surface area contributed by atoms with Crippen LogP contribution in [0.4, 0.5) is 0 Å². The summed E-state index contributed by atoms with van der Waals surface area (Å²) >= 11 is 0. The van der Waals surface area contributed by atoms with Gasteiger partial charge < -0.3 is 29.4 Å². The number of oxime groups is 2. The summed E-state index contributed by atoms with van der Waals surface area (Å²) in [5.41, 5.74) is 3.18. The molecule has 0 saturated heterocycles. The highest BCUT2D eigenvalue weighted by Gasteiger charge is 2.74. The van der Waals surface area contributed by atoms with Gasteiger partial charge >= 0.3 is 29.8 Å². The lowest BCUT2D eigenvalue weighted by atomic mass is 9.32. The second-order valence-corrected chi connectivity index (χ2v) is 31.0. The summed E-state index contributed by atoms with van der Waals surface area (Å²) < 4.78 is 11.4. The van der Waals surface area contributed by atoms with Gasteiger partial charge in [0.1, 0.15) is 13.2 Å². The van der Waals surface area contributed by atoms with Crippen molar-refractivity contribution < 1.29 is 53.3 Å². The summed E-state index contributed by atoms with van der Waals surface area (Å²) in [4.78, 5) is 70.5. The van der Waals surface area contributed by atoms with E-state index in [2.05, 4.69) is 92.7 Å². The minimum absolute atomic E-state index is 0.00408. The zero-order valence-corrected chi connectivity index (χ0v) is 52.4. The van der Waals surface area contributed by atoms with Crippen LogP contribution in [0.25, 0.3) is 0 Å². The van der Waals surface area contributed by atoms with Crippen molar-refractivity contribution in [2.24, 2.45) is 124 Å². The minimum atomic E-state index is -0.617. The molecular formula is C68H104N2O11. The maximum Gasteiger partial charge on any atom is 0.331 e. The molecule has 2 N–H and O–H groups in total. The summed E-state index contributed by atoms with van der Waals surface area (Å²) in [7, 11) is 0. The van der Waals surface area contributed by atoms with Gasteiger partial charge in [-0.3, -0.25) is 14.4 Å². The smallest absolute Gasteiger partial charge is 0.331 e. The van der Waals surface area contributed by atoms with E-state index in [1.807, 2.05) is 0 Å². The number of ether oxygens (including phenoxy) is 2. The van der Waals surface area contributed by atoms with Crippen molar-refractivity contribution in [3.63, 3.8) is 0 Å². The van der Waals surface area contributed by atoms with Gasteiger partial charge in [-0.25, -0.2) is 9.59 Å². The fourth-order valence-corrected chi connectivity index (χ4v) is 23.8. The highest BCUT2D eigenvalue weighted by molar-refractivity contribution is 5.92. The van der Waals surface area contributed by atoms with Gasteiger partial charge in [0.05, 0.1) is 16.8 Å². The molecule has 10 aliphatic rings. The molecule has 0 spiro atoms. The van der Waals surface area contributed by atoms with Gasteiger partial charge in [-0.1, -0.05) is 90.0 Å². The minimum Gasteiger partial charge on any atom is -0.481 e. The Labute approximate surface area is 485 Å². The first-order valence-corrected chi connectivity index (χ1v) is 31.7. The largest absolute Gasteiger partial charge is 0.481 e. The molecule has 13 heteroatoms. The number of carbonyl (C=O) groups excluding carboxylic acids is 4. The van der Waals surface area contributed by atoms with Crippen LogP contribution in [-0.2, 0) is 43.1 Å². The average molecular weight is 1130 g/mol. The standard InChI is InChI=1S/C34H51NO6.C34H53NO5/c1-20(2)23-11-16-34(29(38)39)18-17-32(7)24(28(23)34)9-10-26-30(5)14-13-27(35-41-22(4)37)31(6,19-40-21(3)36)25(30)12-15-33(26,32)8;1-21(2)24-11-16-34(19-36)18-17-32(7)25(29(24)34)9-10-27-30(5)14-13-28(35-40-23(4)38)31(6,20-39-22(3)37)26(30)12-15-33(27,32)8/h23-26,28H,1,9-19H2,2-8H3,(H,38,39);24-27,29,36H,1,9-20H2,2-8H3/t23-,24+,25+,26+,28+,30-,31-,32+,33+,34-;24-,25+,26+,27+,29+,30-,31-,32+,33+,34+/m00/s1. The van der Waals surface area contributed by atoms with Gasteiger partial charge in [0.25, 0.3) is 0 Å². The first kappa shape index (κ1) is 61.7. The van der Waals surface area contributed by atoms with Crippen molar-refractivity contribution in [3.8, 4) is 0 Å². The van der Waals surface area contributed by atoms with Crippen molar-refractivity contribution in [2.75, 3.05) is 19.8 Å². The summed E-state index contributed by atoms with van der Waals surface area (Å²) in [5, 5.41) is 30.1. The third-order valence-electron chi connectivity index (χ3n) is 28.0. The van der Waals surface area contributed by atoms with E-state index < -0.39 is 34.2 Å². The van der Waals surface area contributed by atoms with Crippen LogP contribution in [0.1, 0.15) is 225 Å². The Morgan fingerprint density at radius 1 is 0.481 bits per heavy atom. The number of aliphatic carboxylic acids is 1. The number of aliphatic hydroxyl groups excluding tert-OH is 1. The number of rotatable bonds is 10. The summed E-state index contributed by atoms with van der Waals surface area (Å²) in [6, 6.07) is 0. The van der Waals surface area contributed by atoms with Crippen LogP contribution >= 0.6 is 0 Å². The van der Waals surface area contributed by atoms with Gasteiger partial charge in [0, 0.05) is 45.1 Å². The third-order valence-corrected chi connectivity index (χ3v) is 28.0. The Balaban J connectivity index is 0.000000196. The van der Waals surface area contributed by atoms with Crippen LogP contribution in [0.3, 0.4) is 0 Å². The Morgan fingerprint density at radius 2 is 0.901 bits per heavy atom.